The molecule has 0 aliphatic rings. The summed E-state index contributed by atoms with van der Waals surface area (Å²) in [5.41, 5.74) is 8.50. The summed E-state index contributed by atoms with van der Waals surface area (Å²) < 4.78 is 11.4. The van der Waals surface area contributed by atoms with Gasteiger partial charge in [-0.3, -0.25) is 20.4 Å². The van der Waals surface area contributed by atoms with Crippen molar-refractivity contribution < 1.29 is 18.8 Å². The van der Waals surface area contributed by atoms with E-state index in [1.807, 2.05) is 61.5 Å². The van der Waals surface area contributed by atoms with E-state index in [1.165, 1.54) is 0 Å². The van der Waals surface area contributed by atoms with Crippen LogP contribution in [0.4, 0.5) is 0 Å². The topological polar surface area (TPSA) is 106 Å². The van der Waals surface area contributed by atoms with Gasteiger partial charge in [-0.05, 0) is 37.3 Å². The van der Waals surface area contributed by atoms with Crippen molar-refractivity contribution in [1.82, 2.24) is 21.0 Å². The Bertz CT molecular complexity index is 1550. The smallest absolute Gasteiger partial charge is 0.288 e. The number of aromatic nitrogens is 2. The number of hydrazine groups is 1. The van der Waals surface area contributed by atoms with Crippen molar-refractivity contribution in [3.63, 3.8) is 0 Å². The fourth-order valence-electron chi connectivity index (χ4n) is 3.70. The molecule has 0 aliphatic carbocycles. The standard InChI is InChI=1S/C28H22N4O4/c1-18-23(26(36-32-18)20-9-3-2-4-10-20)17-35-22-12-7-11-21(16-22)27(33)30-31-28(34)25-15-14-19-8-5-6-13-24(19)29-25/h2-16H,17H2,1H3,(H,30,33)(H,31,34). The fraction of sp³-hybridized carbons (Fsp3) is 0.0714. The van der Waals surface area contributed by atoms with Gasteiger partial charge in [0.2, 0.25) is 0 Å². The van der Waals surface area contributed by atoms with Gasteiger partial charge in [-0.1, -0.05) is 65.8 Å². The van der Waals surface area contributed by atoms with Gasteiger partial charge in [-0.2, -0.15) is 0 Å². The fourth-order valence-corrected chi connectivity index (χ4v) is 3.70. The number of amides is 2. The summed E-state index contributed by atoms with van der Waals surface area (Å²) in [4.78, 5) is 29.5. The summed E-state index contributed by atoms with van der Waals surface area (Å²) >= 11 is 0. The third-order valence-corrected chi connectivity index (χ3v) is 5.62. The van der Waals surface area contributed by atoms with E-state index in [1.54, 1.807) is 36.4 Å². The largest absolute Gasteiger partial charge is 0.489 e. The molecule has 2 amide bonds. The molecular formula is C28H22N4O4. The van der Waals surface area contributed by atoms with E-state index in [4.69, 9.17) is 9.26 Å². The number of aryl methyl sites for hydroxylation is 1. The van der Waals surface area contributed by atoms with Crippen molar-refractivity contribution in [2.24, 2.45) is 0 Å². The van der Waals surface area contributed by atoms with Crippen LogP contribution < -0.4 is 15.6 Å². The number of ether oxygens (including phenoxy) is 1. The molecule has 0 saturated heterocycles. The van der Waals surface area contributed by atoms with Gasteiger partial charge in [0.15, 0.2) is 5.76 Å². The van der Waals surface area contributed by atoms with Gasteiger partial charge in [0.05, 0.1) is 16.8 Å². The van der Waals surface area contributed by atoms with E-state index in [2.05, 4.69) is 21.0 Å². The van der Waals surface area contributed by atoms with Crippen molar-refractivity contribution in [3.8, 4) is 17.1 Å². The Labute approximate surface area is 206 Å². The molecule has 0 unspecified atom stereocenters. The third-order valence-electron chi connectivity index (χ3n) is 5.62. The molecule has 8 heteroatoms. The maximum Gasteiger partial charge on any atom is 0.288 e. The first-order valence-electron chi connectivity index (χ1n) is 11.3. The van der Waals surface area contributed by atoms with Crippen LogP contribution in [0.1, 0.15) is 32.1 Å². The number of carbonyl (C=O) groups excluding carboxylic acids is 2. The number of fused-ring (bicyclic) bond motifs is 1. The SMILES string of the molecule is Cc1noc(-c2ccccc2)c1COc1cccc(C(=O)NNC(=O)c2ccc3ccccc3n2)c1. The van der Waals surface area contributed by atoms with E-state index < -0.39 is 11.8 Å². The molecule has 3 aromatic carbocycles. The van der Waals surface area contributed by atoms with Crippen LogP contribution in [0.25, 0.3) is 22.2 Å². The number of nitrogens with one attached hydrogen (secondary N) is 2. The Kier molecular flexibility index (Phi) is 6.40. The lowest BCUT2D eigenvalue weighted by Gasteiger charge is -2.10. The maximum atomic E-state index is 12.6. The lowest BCUT2D eigenvalue weighted by molar-refractivity contribution is 0.0844. The minimum atomic E-state index is -0.516. The van der Waals surface area contributed by atoms with E-state index in [9.17, 15) is 9.59 Å². The first-order chi connectivity index (χ1) is 17.6. The van der Waals surface area contributed by atoms with Crippen molar-refractivity contribution in [3.05, 3.63) is 114 Å². The summed E-state index contributed by atoms with van der Waals surface area (Å²) in [5.74, 6) is 0.135. The Balaban J connectivity index is 1.23. The Morgan fingerprint density at radius 3 is 2.50 bits per heavy atom. The summed E-state index contributed by atoms with van der Waals surface area (Å²) in [5, 5.41) is 4.99. The van der Waals surface area contributed by atoms with Crippen LogP contribution in [0.2, 0.25) is 0 Å². The molecule has 36 heavy (non-hydrogen) atoms. The number of benzene rings is 3. The van der Waals surface area contributed by atoms with Gasteiger partial charge < -0.3 is 9.26 Å². The molecule has 0 fully saturated rings. The normalized spacial score (nSPS) is 10.7. The average molecular weight is 479 g/mol. The van der Waals surface area contributed by atoms with E-state index in [0.717, 1.165) is 22.2 Å². The van der Waals surface area contributed by atoms with Crippen molar-refractivity contribution in [1.29, 1.82) is 0 Å². The highest BCUT2D eigenvalue weighted by Crippen LogP contribution is 2.27. The van der Waals surface area contributed by atoms with Gasteiger partial charge in [-0.15, -0.1) is 0 Å². The molecule has 2 heterocycles. The minimum Gasteiger partial charge on any atom is -0.489 e. The van der Waals surface area contributed by atoms with Crippen molar-refractivity contribution in [2.45, 2.75) is 13.5 Å². The highest BCUT2D eigenvalue weighted by atomic mass is 16.5. The number of pyridine rings is 1. The molecule has 0 saturated carbocycles. The van der Waals surface area contributed by atoms with Gasteiger partial charge in [0, 0.05) is 16.5 Å². The lowest BCUT2D eigenvalue weighted by atomic mass is 10.1. The van der Waals surface area contributed by atoms with Crippen LogP contribution in [0, 0.1) is 6.92 Å². The number of hydrogen-bond acceptors (Lipinski definition) is 6. The summed E-state index contributed by atoms with van der Waals surface area (Å²) in [6.07, 6.45) is 0. The first-order valence-corrected chi connectivity index (χ1v) is 11.3. The van der Waals surface area contributed by atoms with Gasteiger partial charge in [-0.25, -0.2) is 4.98 Å². The van der Waals surface area contributed by atoms with E-state index in [0.29, 0.717) is 22.6 Å². The summed E-state index contributed by atoms with van der Waals surface area (Å²) in [6.45, 7) is 2.07. The molecule has 178 valence electrons. The second kappa shape index (κ2) is 10.1. The Morgan fingerprint density at radius 1 is 0.861 bits per heavy atom. The number of carbonyl (C=O) groups is 2. The molecule has 0 bridgehead atoms. The van der Waals surface area contributed by atoms with Crippen molar-refractivity contribution >= 4 is 22.7 Å². The zero-order valence-corrected chi connectivity index (χ0v) is 19.4. The Morgan fingerprint density at radius 2 is 1.64 bits per heavy atom. The quantitative estimate of drug-likeness (QED) is 0.338. The maximum absolute atomic E-state index is 12.6. The van der Waals surface area contributed by atoms with Gasteiger partial charge >= 0.3 is 0 Å². The second-order valence-electron chi connectivity index (χ2n) is 8.06. The number of hydrogen-bond donors (Lipinski definition) is 2. The Hall–Kier alpha value is -4.98. The molecule has 0 spiro atoms. The van der Waals surface area contributed by atoms with Gasteiger partial charge in [0.25, 0.3) is 11.8 Å². The minimum absolute atomic E-state index is 0.199. The third kappa shape index (κ3) is 4.92. The molecule has 0 radical (unpaired) electrons. The number of para-hydroxylation sites is 1. The van der Waals surface area contributed by atoms with Crippen LogP contribution in [0.5, 0.6) is 5.75 Å². The van der Waals surface area contributed by atoms with E-state index >= 15 is 0 Å². The zero-order valence-electron chi connectivity index (χ0n) is 19.4. The van der Waals surface area contributed by atoms with Crippen LogP contribution in [0.15, 0.2) is 95.5 Å². The number of nitrogens with zero attached hydrogens (tertiary/aromatic N) is 2. The molecule has 5 rings (SSSR count). The van der Waals surface area contributed by atoms with E-state index in [-0.39, 0.29) is 12.3 Å². The zero-order chi connectivity index (χ0) is 24.9. The predicted octanol–water partition coefficient (Wildman–Crippen LogP) is 4.85. The lowest BCUT2D eigenvalue weighted by Crippen LogP contribution is -2.41. The number of rotatable bonds is 6. The van der Waals surface area contributed by atoms with Crippen LogP contribution in [-0.4, -0.2) is 22.0 Å². The first kappa shape index (κ1) is 22.8. The van der Waals surface area contributed by atoms with Crippen molar-refractivity contribution in [2.75, 3.05) is 0 Å². The predicted molar refractivity (Wildman–Crippen MR) is 134 cm³/mol. The summed E-state index contributed by atoms with van der Waals surface area (Å²) in [6, 6.07) is 27.2. The molecular weight excluding hydrogens is 456 g/mol. The second-order valence-corrected chi connectivity index (χ2v) is 8.06. The highest BCUT2D eigenvalue weighted by Gasteiger charge is 2.16. The monoisotopic (exact) mass is 478 g/mol. The molecule has 2 aromatic heterocycles. The molecule has 5 aromatic rings. The van der Waals surface area contributed by atoms with Crippen LogP contribution in [0.3, 0.4) is 0 Å². The highest BCUT2D eigenvalue weighted by molar-refractivity contribution is 5.99. The van der Waals surface area contributed by atoms with Crippen LogP contribution in [-0.2, 0) is 6.61 Å². The molecule has 2 N–H and O–H groups in total. The van der Waals surface area contributed by atoms with Crippen LogP contribution >= 0.6 is 0 Å². The molecule has 0 aliphatic heterocycles. The molecule has 0 atom stereocenters. The average Bonchev–Trinajstić information content (AvgIpc) is 3.30. The molecule has 8 nitrogen and oxygen atoms in total. The summed E-state index contributed by atoms with van der Waals surface area (Å²) in [7, 11) is 0. The van der Waals surface area contributed by atoms with Gasteiger partial charge in [0.1, 0.15) is 18.1 Å².